The molecule has 1 N–H and O–H groups in total. The molecule has 0 radical (unpaired) electrons. The van der Waals surface area contributed by atoms with Crippen LogP contribution in [0.4, 0.5) is 4.39 Å². The van der Waals surface area contributed by atoms with Gasteiger partial charge in [-0.05, 0) is 56.2 Å². The van der Waals surface area contributed by atoms with Crippen LogP contribution >= 0.6 is 0 Å². The van der Waals surface area contributed by atoms with Crippen molar-refractivity contribution in [1.82, 2.24) is 0 Å². The molecule has 1 aliphatic rings. The highest BCUT2D eigenvalue weighted by Crippen LogP contribution is 2.26. The normalized spacial score (nSPS) is 25.3. The third-order valence-corrected chi connectivity index (χ3v) is 3.59. The third-order valence-electron chi connectivity index (χ3n) is 3.59. The number of benzene rings is 1. The maximum Gasteiger partial charge on any atom is 0.123 e. The van der Waals surface area contributed by atoms with Crippen LogP contribution < -0.4 is 0 Å². The molecular weight excluding hydrogens is 231 g/mol. The number of hydrogen-bond acceptors (Lipinski definition) is 2. The zero-order valence-corrected chi connectivity index (χ0v) is 10.8. The van der Waals surface area contributed by atoms with Gasteiger partial charge in [0.05, 0.1) is 12.2 Å². The van der Waals surface area contributed by atoms with Crippen molar-refractivity contribution >= 4 is 0 Å². The van der Waals surface area contributed by atoms with Gasteiger partial charge in [0.2, 0.25) is 0 Å². The molecular formula is C15H21FO2. The van der Waals surface area contributed by atoms with Crippen LogP contribution in [0, 0.1) is 11.7 Å². The standard InChI is InChI=1S/C15H21FO2/c1-11-5-6-15(18-11)9-13(10-17)7-12-3-2-4-14(16)8-12/h2-4,8,11,13,15,17H,5-7,9-10H2,1H3. The Hall–Kier alpha value is -0.930. The second kappa shape index (κ2) is 6.30. The van der Waals surface area contributed by atoms with Crippen LogP contribution in [0.3, 0.4) is 0 Å². The minimum absolute atomic E-state index is 0.130. The summed E-state index contributed by atoms with van der Waals surface area (Å²) in [5, 5.41) is 9.43. The fourth-order valence-electron chi connectivity index (χ4n) is 2.65. The Balaban J connectivity index is 1.89. The molecule has 0 saturated carbocycles. The minimum Gasteiger partial charge on any atom is -0.396 e. The van der Waals surface area contributed by atoms with E-state index in [-0.39, 0.29) is 24.4 Å². The van der Waals surface area contributed by atoms with Crippen LogP contribution in [0.2, 0.25) is 0 Å². The van der Waals surface area contributed by atoms with Crippen LogP contribution in [0.25, 0.3) is 0 Å². The fourth-order valence-corrected chi connectivity index (χ4v) is 2.65. The summed E-state index contributed by atoms with van der Waals surface area (Å²) in [6, 6.07) is 6.61. The van der Waals surface area contributed by atoms with E-state index in [1.807, 2.05) is 6.07 Å². The van der Waals surface area contributed by atoms with Gasteiger partial charge < -0.3 is 9.84 Å². The van der Waals surface area contributed by atoms with Gasteiger partial charge in [-0.25, -0.2) is 4.39 Å². The molecule has 0 amide bonds. The van der Waals surface area contributed by atoms with Crippen LogP contribution in [-0.2, 0) is 11.2 Å². The molecule has 3 atom stereocenters. The van der Waals surface area contributed by atoms with Crippen molar-refractivity contribution in [3.05, 3.63) is 35.6 Å². The van der Waals surface area contributed by atoms with Crippen molar-refractivity contribution in [1.29, 1.82) is 0 Å². The zero-order valence-electron chi connectivity index (χ0n) is 10.8. The summed E-state index contributed by atoms with van der Waals surface area (Å²) in [5.74, 6) is -0.0583. The molecule has 1 aromatic rings. The topological polar surface area (TPSA) is 29.5 Å². The lowest BCUT2D eigenvalue weighted by Gasteiger charge is -2.19. The Morgan fingerprint density at radius 3 is 2.89 bits per heavy atom. The number of aliphatic hydroxyl groups is 1. The van der Waals surface area contributed by atoms with Crippen molar-refractivity contribution in [3.63, 3.8) is 0 Å². The minimum atomic E-state index is -0.213. The van der Waals surface area contributed by atoms with E-state index < -0.39 is 0 Å². The summed E-state index contributed by atoms with van der Waals surface area (Å²) < 4.78 is 18.9. The predicted octanol–water partition coefficient (Wildman–Crippen LogP) is 2.93. The van der Waals surface area contributed by atoms with Gasteiger partial charge in [-0.1, -0.05) is 12.1 Å². The second-order valence-corrected chi connectivity index (χ2v) is 5.26. The maximum atomic E-state index is 13.1. The molecule has 3 unspecified atom stereocenters. The van der Waals surface area contributed by atoms with Crippen LogP contribution in [0.5, 0.6) is 0 Å². The highest BCUT2D eigenvalue weighted by Gasteiger charge is 2.24. The fraction of sp³-hybridized carbons (Fsp3) is 0.600. The number of rotatable bonds is 5. The molecule has 1 aliphatic heterocycles. The Bertz CT molecular complexity index is 381. The zero-order chi connectivity index (χ0) is 13.0. The van der Waals surface area contributed by atoms with E-state index in [0.29, 0.717) is 12.5 Å². The third kappa shape index (κ3) is 3.79. The van der Waals surface area contributed by atoms with E-state index in [9.17, 15) is 9.50 Å². The lowest BCUT2D eigenvalue weighted by molar-refractivity contribution is 0.0338. The predicted molar refractivity (Wildman–Crippen MR) is 68.9 cm³/mol. The first-order chi connectivity index (χ1) is 8.67. The van der Waals surface area contributed by atoms with E-state index in [0.717, 1.165) is 24.8 Å². The Morgan fingerprint density at radius 1 is 1.44 bits per heavy atom. The molecule has 0 aliphatic carbocycles. The molecule has 18 heavy (non-hydrogen) atoms. The van der Waals surface area contributed by atoms with Gasteiger partial charge in [-0.15, -0.1) is 0 Å². The van der Waals surface area contributed by atoms with Crippen molar-refractivity contribution < 1.29 is 14.2 Å². The van der Waals surface area contributed by atoms with E-state index in [2.05, 4.69) is 6.92 Å². The SMILES string of the molecule is CC1CCC(CC(CO)Cc2cccc(F)c2)O1. The van der Waals surface area contributed by atoms with Crippen molar-refractivity contribution in [2.75, 3.05) is 6.61 Å². The molecule has 0 spiro atoms. The van der Waals surface area contributed by atoms with Gasteiger partial charge in [0.25, 0.3) is 0 Å². The molecule has 2 rings (SSSR count). The van der Waals surface area contributed by atoms with E-state index in [4.69, 9.17) is 4.74 Å². The van der Waals surface area contributed by atoms with Gasteiger partial charge >= 0.3 is 0 Å². The summed E-state index contributed by atoms with van der Waals surface area (Å²) in [5.41, 5.74) is 0.945. The van der Waals surface area contributed by atoms with Gasteiger partial charge in [0.1, 0.15) is 5.82 Å². The second-order valence-electron chi connectivity index (χ2n) is 5.26. The van der Waals surface area contributed by atoms with Crippen LogP contribution in [0.1, 0.15) is 31.7 Å². The van der Waals surface area contributed by atoms with E-state index >= 15 is 0 Å². The smallest absolute Gasteiger partial charge is 0.123 e. The van der Waals surface area contributed by atoms with Gasteiger partial charge in [-0.2, -0.15) is 0 Å². The molecule has 1 heterocycles. The average molecular weight is 252 g/mol. The number of hydrogen-bond donors (Lipinski definition) is 1. The van der Waals surface area contributed by atoms with Crippen LogP contribution in [0.15, 0.2) is 24.3 Å². The molecule has 3 heteroatoms. The molecule has 2 nitrogen and oxygen atoms in total. The summed E-state index contributed by atoms with van der Waals surface area (Å²) in [4.78, 5) is 0. The summed E-state index contributed by atoms with van der Waals surface area (Å²) in [7, 11) is 0. The maximum absolute atomic E-state index is 13.1. The average Bonchev–Trinajstić information content (AvgIpc) is 2.74. The van der Waals surface area contributed by atoms with Gasteiger partial charge in [-0.3, -0.25) is 0 Å². The van der Waals surface area contributed by atoms with Gasteiger partial charge in [0.15, 0.2) is 0 Å². The largest absolute Gasteiger partial charge is 0.396 e. The Morgan fingerprint density at radius 2 is 2.28 bits per heavy atom. The Kier molecular flexibility index (Phi) is 4.72. The summed E-state index contributed by atoms with van der Waals surface area (Å²) in [6.45, 7) is 2.21. The monoisotopic (exact) mass is 252 g/mol. The summed E-state index contributed by atoms with van der Waals surface area (Å²) in [6.07, 6.45) is 4.33. The first-order valence-corrected chi connectivity index (χ1v) is 6.68. The summed E-state index contributed by atoms with van der Waals surface area (Å²) >= 11 is 0. The van der Waals surface area contributed by atoms with Crippen molar-refractivity contribution in [2.24, 2.45) is 5.92 Å². The molecule has 0 bridgehead atoms. The van der Waals surface area contributed by atoms with Crippen LogP contribution in [-0.4, -0.2) is 23.9 Å². The highest BCUT2D eigenvalue weighted by atomic mass is 19.1. The molecule has 100 valence electrons. The molecule has 0 aromatic heterocycles. The first-order valence-electron chi connectivity index (χ1n) is 6.68. The lowest BCUT2D eigenvalue weighted by Crippen LogP contribution is -2.19. The number of halogens is 1. The Labute approximate surface area is 108 Å². The highest BCUT2D eigenvalue weighted by molar-refractivity contribution is 5.16. The number of aliphatic hydroxyl groups excluding tert-OH is 1. The number of ether oxygens (including phenoxy) is 1. The van der Waals surface area contributed by atoms with E-state index in [1.54, 1.807) is 12.1 Å². The van der Waals surface area contributed by atoms with Gasteiger partial charge in [0, 0.05) is 6.61 Å². The molecule has 1 fully saturated rings. The molecule has 1 aromatic carbocycles. The first kappa shape index (κ1) is 13.5. The van der Waals surface area contributed by atoms with Crippen molar-refractivity contribution in [3.8, 4) is 0 Å². The molecule has 1 saturated heterocycles. The quantitative estimate of drug-likeness (QED) is 0.873. The van der Waals surface area contributed by atoms with Crippen molar-refractivity contribution in [2.45, 2.75) is 44.8 Å². The van der Waals surface area contributed by atoms with E-state index in [1.165, 1.54) is 6.07 Å². The lowest BCUT2D eigenvalue weighted by atomic mass is 9.93.